The highest BCUT2D eigenvalue weighted by atomic mass is 16.5. The van der Waals surface area contributed by atoms with Crippen LogP contribution in [0.5, 0.6) is 0 Å². The summed E-state index contributed by atoms with van der Waals surface area (Å²) in [6, 6.07) is 0. The third-order valence-electron chi connectivity index (χ3n) is 1.87. The second kappa shape index (κ2) is 9.59. The van der Waals surface area contributed by atoms with Gasteiger partial charge in [-0.1, -0.05) is 0 Å². The average molecular weight is 246 g/mol. The van der Waals surface area contributed by atoms with Crippen LogP contribution in [0.15, 0.2) is 0 Å². The fourth-order valence-corrected chi connectivity index (χ4v) is 1.01. The Morgan fingerprint density at radius 1 is 1.00 bits per heavy atom. The van der Waals surface area contributed by atoms with Crippen LogP contribution in [0.4, 0.5) is 0 Å². The molecule has 0 aromatic rings. The van der Waals surface area contributed by atoms with Gasteiger partial charge in [0.25, 0.3) is 0 Å². The summed E-state index contributed by atoms with van der Waals surface area (Å²) in [4.78, 5) is 32.4. The summed E-state index contributed by atoms with van der Waals surface area (Å²) in [5, 5.41) is 13.4. The molecule has 2 amide bonds. The fraction of sp³-hybridized carbons (Fsp3) is 0.700. The van der Waals surface area contributed by atoms with Gasteiger partial charge in [0.15, 0.2) is 0 Å². The molecule has 0 aromatic heterocycles. The Bertz CT molecular complexity index is 267. The van der Waals surface area contributed by atoms with Gasteiger partial charge in [-0.25, -0.2) is 0 Å². The average Bonchev–Trinajstić information content (AvgIpc) is 2.27. The van der Waals surface area contributed by atoms with Crippen molar-refractivity contribution in [2.45, 2.75) is 19.3 Å². The molecule has 0 heterocycles. The molecule has 0 fully saturated rings. The Morgan fingerprint density at radius 2 is 1.59 bits per heavy atom. The molecule has 0 saturated heterocycles. The lowest BCUT2D eigenvalue weighted by Crippen LogP contribution is -2.32. The van der Waals surface area contributed by atoms with Crippen LogP contribution in [0.1, 0.15) is 19.3 Å². The number of hydrogen-bond donors (Lipinski definition) is 3. The van der Waals surface area contributed by atoms with Gasteiger partial charge in [-0.2, -0.15) is 0 Å². The Balaban J connectivity index is 3.45. The minimum atomic E-state index is -1.02. The van der Waals surface area contributed by atoms with Gasteiger partial charge in [0, 0.05) is 33.0 Å². The number of hydrogen-bond acceptors (Lipinski definition) is 4. The standard InChI is InChI=1S/C10H18N2O5/c1-17-7-6-12-9(14)4-5-11-8(13)2-3-10(15)16/h2-7H2,1H3,(H,11,13)(H,12,14)(H,15,16). The van der Waals surface area contributed by atoms with Crippen LogP contribution in [0, 0.1) is 0 Å². The van der Waals surface area contributed by atoms with Crippen molar-refractivity contribution >= 4 is 17.8 Å². The van der Waals surface area contributed by atoms with Crippen LogP contribution in [0.3, 0.4) is 0 Å². The normalized spacial score (nSPS) is 9.71. The highest BCUT2D eigenvalue weighted by molar-refractivity contribution is 5.81. The van der Waals surface area contributed by atoms with Crippen LogP contribution >= 0.6 is 0 Å². The highest BCUT2D eigenvalue weighted by Gasteiger charge is 2.06. The molecule has 0 aliphatic carbocycles. The molecule has 98 valence electrons. The number of aliphatic carboxylic acids is 1. The third-order valence-corrected chi connectivity index (χ3v) is 1.87. The van der Waals surface area contributed by atoms with Gasteiger partial charge in [-0.05, 0) is 0 Å². The number of carbonyl (C=O) groups is 3. The molecular formula is C10H18N2O5. The van der Waals surface area contributed by atoms with E-state index in [-0.39, 0.29) is 37.6 Å². The van der Waals surface area contributed by atoms with Gasteiger partial charge in [0.05, 0.1) is 13.0 Å². The molecule has 0 bridgehead atoms. The molecule has 0 aliphatic rings. The molecule has 0 radical (unpaired) electrons. The minimum absolute atomic E-state index is 0.0688. The van der Waals surface area contributed by atoms with E-state index in [1.807, 2.05) is 0 Å². The molecule has 7 heteroatoms. The van der Waals surface area contributed by atoms with Crippen molar-refractivity contribution in [2.24, 2.45) is 0 Å². The fourth-order valence-electron chi connectivity index (χ4n) is 1.01. The smallest absolute Gasteiger partial charge is 0.303 e. The molecule has 0 atom stereocenters. The SMILES string of the molecule is COCCNC(=O)CCNC(=O)CCC(=O)O. The van der Waals surface area contributed by atoms with Gasteiger partial charge in [-0.15, -0.1) is 0 Å². The van der Waals surface area contributed by atoms with Gasteiger partial charge < -0.3 is 20.5 Å². The quantitative estimate of drug-likeness (QED) is 0.458. The van der Waals surface area contributed by atoms with Crippen LogP contribution in [0.25, 0.3) is 0 Å². The monoisotopic (exact) mass is 246 g/mol. The molecule has 0 aliphatic heterocycles. The van der Waals surface area contributed by atoms with E-state index in [0.29, 0.717) is 13.2 Å². The predicted molar refractivity (Wildman–Crippen MR) is 59.4 cm³/mol. The van der Waals surface area contributed by atoms with Crippen molar-refractivity contribution in [2.75, 3.05) is 26.8 Å². The van der Waals surface area contributed by atoms with E-state index in [2.05, 4.69) is 10.6 Å². The Kier molecular flexibility index (Phi) is 8.67. The molecule has 0 aromatic carbocycles. The molecular weight excluding hydrogens is 228 g/mol. The van der Waals surface area contributed by atoms with Crippen LogP contribution in [-0.4, -0.2) is 49.7 Å². The Labute approximate surface area is 99.5 Å². The first kappa shape index (κ1) is 15.4. The van der Waals surface area contributed by atoms with Gasteiger partial charge in [0.1, 0.15) is 0 Å². The number of nitrogens with one attached hydrogen (secondary N) is 2. The molecule has 17 heavy (non-hydrogen) atoms. The summed E-state index contributed by atoms with van der Waals surface area (Å²) in [6.07, 6.45) is -0.102. The summed E-state index contributed by atoms with van der Waals surface area (Å²) in [7, 11) is 1.54. The summed E-state index contributed by atoms with van der Waals surface area (Å²) in [6.45, 7) is 1.08. The lowest BCUT2D eigenvalue weighted by atomic mass is 10.3. The topological polar surface area (TPSA) is 105 Å². The highest BCUT2D eigenvalue weighted by Crippen LogP contribution is 1.88. The van der Waals surface area contributed by atoms with Crippen molar-refractivity contribution in [3.05, 3.63) is 0 Å². The third kappa shape index (κ3) is 10.6. The van der Waals surface area contributed by atoms with E-state index in [1.165, 1.54) is 7.11 Å². The summed E-state index contributed by atoms with van der Waals surface area (Å²) >= 11 is 0. The Morgan fingerprint density at radius 3 is 2.18 bits per heavy atom. The first-order chi connectivity index (χ1) is 8.06. The number of carbonyl (C=O) groups excluding carboxylic acids is 2. The van der Waals surface area contributed by atoms with Crippen molar-refractivity contribution in [3.8, 4) is 0 Å². The summed E-state index contributed by atoms with van der Waals surface area (Å²) in [5.74, 6) is -1.56. The molecule has 0 spiro atoms. The van der Waals surface area contributed by atoms with Crippen LogP contribution < -0.4 is 10.6 Å². The predicted octanol–water partition coefficient (Wildman–Crippen LogP) is -0.880. The maximum Gasteiger partial charge on any atom is 0.303 e. The second-order valence-corrected chi connectivity index (χ2v) is 3.34. The largest absolute Gasteiger partial charge is 0.481 e. The zero-order valence-electron chi connectivity index (χ0n) is 9.82. The zero-order valence-corrected chi connectivity index (χ0v) is 9.82. The lowest BCUT2D eigenvalue weighted by Gasteiger charge is -2.05. The molecule has 0 rings (SSSR count). The van der Waals surface area contributed by atoms with Crippen LogP contribution in [-0.2, 0) is 19.1 Å². The van der Waals surface area contributed by atoms with E-state index < -0.39 is 5.97 Å². The number of amides is 2. The molecule has 0 saturated carbocycles. The molecule has 0 unspecified atom stereocenters. The second-order valence-electron chi connectivity index (χ2n) is 3.34. The Hall–Kier alpha value is -1.63. The number of carboxylic acid groups (broad SMARTS) is 1. The number of methoxy groups -OCH3 is 1. The number of rotatable bonds is 9. The minimum Gasteiger partial charge on any atom is -0.481 e. The molecule has 3 N–H and O–H groups in total. The van der Waals surface area contributed by atoms with Crippen LogP contribution in [0.2, 0.25) is 0 Å². The summed E-state index contributed by atoms with van der Waals surface area (Å²) < 4.78 is 4.75. The first-order valence-corrected chi connectivity index (χ1v) is 5.30. The summed E-state index contributed by atoms with van der Waals surface area (Å²) in [5.41, 5.74) is 0. The lowest BCUT2D eigenvalue weighted by molar-refractivity contribution is -0.138. The van der Waals surface area contributed by atoms with Crippen molar-refractivity contribution < 1.29 is 24.2 Å². The van der Waals surface area contributed by atoms with Crippen molar-refractivity contribution in [3.63, 3.8) is 0 Å². The number of carboxylic acids is 1. The van der Waals surface area contributed by atoms with E-state index in [1.54, 1.807) is 0 Å². The van der Waals surface area contributed by atoms with Crippen molar-refractivity contribution in [1.82, 2.24) is 10.6 Å². The maximum absolute atomic E-state index is 11.2. The van der Waals surface area contributed by atoms with Gasteiger partial charge in [0.2, 0.25) is 11.8 Å². The number of ether oxygens (including phenoxy) is 1. The first-order valence-electron chi connectivity index (χ1n) is 5.30. The van der Waals surface area contributed by atoms with E-state index >= 15 is 0 Å². The molecule has 7 nitrogen and oxygen atoms in total. The van der Waals surface area contributed by atoms with Gasteiger partial charge in [-0.3, -0.25) is 14.4 Å². The van der Waals surface area contributed by atoms with E-state index in [9.17, 15) is 14.4 Å². The van der Waals surface area contributed by atoms with Gasteiger partial charge >= 0.3 is 5.97 Å². The zero-order chi connectivity index (χ0) is 13.1. The maximum atomic E-state index is 11.2. The van der Waals surface area contributed by atoms with Crippen molar-refractivity contribution in [1.29, 1.82) is 0 Å². The van der Waals surface area contributed by atoms with E-state index in [0.717, 1.165) is 0 Å². The van der Waals surface area contributed by atoms with E-state index in [4.69, 9.17) is 9.84 Å².